The van der Waals surface area contributed by atoms with Gasteiger partial charge in [0.15, 0.2) is 11.0 Å². The summed E-state index contributed by atoms with van der Waals surface area (Å²) >= 11 is 1.26. The Labute approximate surface area is 335 Å². The van der Waals surface area contributed by atoms with Crippen LogP contribution in [-0.4, -0.2) is 59.8 Å². The lowest BCUT2D eigenvalue weighted by Crippen LogP contribution is -2.28. The highest BCUT2D eigenvalue weighted by atomic mass is 32.2. The molecule has 1 amide bonds. The molecule has 11 nitrogen and oxygen atoms in total. The van der Waals surface area contributed by atoms with E-state index in [1.54, 1.807) is 61.7 Å². The van der Waals surface area contributed by atoms with E-state index in [-0.39, 0.29) is 22.6 Å². The summed E-state index contributed by atoms with van der Waals surface area (Å²) in [6, 6.07) is 44.9. The quantitative estimate of drug-likeness (QED) is 0.115. The van der Waals surface area contributed by atoms with Crippen LogP contribution in [0.5, 0.6) is 11.5 Å². The Kier molecular flexibility index (Phi) is 10.7. The van der Waals surface area contributed by atoms with Crippen LogP contribution in [0.25, 0.3) is 22.2 Å². The Morgan fingerprint density at radius 1 is 0.754 bits per heavy atom. The number of sulfonamides is 1. The lowest BCUT2D eigenvalue weighted by atomic mass is 9.97. The number of benzene rings is 6. The number of anilines is 1. The summed E-state index contributed by atoms with van der Waals surface area (Å²) in [5.74, 6) is 1.65. The van der Waals surface area contributed by atoms with Crippen LogP contribution < -0.4 is 14.2 Å². The highest BCUT2D eigenvalue weighted by molar-refractivity contribution is 7.99. The molecule has 1 aromatic heterocycles. The third-order valence-corrected chi connectivity index (χ3v) is 12.0. The van der Waals surface area contributed by atoms with E-state index in [4.69, 9.17) is 14.6 Å². The van der Waals surface area contributed by atoms with E-state index in [0.717, 1.165) is 38.9 Å². The van der Waals surface area contributed by atoms with E-state index in [2.05, 4.69) is 45.3 Å². The maximum atomic E-state index is 14.2. The number of hydrazone groups is 1. The fraction of sp³-hybridized carbons (Fsp3) is 0.136. The average molecular weight is 795 g/mol. The smallest absolute Gasteiger partial charge is 0.261 e. The molecule has 1 unspecified atom stereocenters. The summed E-state index contributed by atoms with van der Waals surface area (Å²) in [6.45, 7) is 0.392. The molecular formula is C44H38N6O5S2. The number of methoxy groups -OCH3 is 2. The van der Waals surface area contributed by atoms with Crippen molar-refractivity contribution in [2.75, 3.05) is 24.7 Å². The molecule has 1 atom stereocenters. The highest BCUT2D eigenvalue weighted by Gasteiger charge is 2.33. The first-order chi connectivity index (χ1) is 27.8. The van der Waals surface area contributed by atoms with Gasteiger partial charge in [-0.25, -0.2) is 13.4 Å². The summed E-state index contributed by atoms with van der Waals surface area (Å²) in [4.78, 5) is 14.3. The Morgan fingerprint density at radius 2 is 1.46 bits per heavy atom. The lowest BCUT2D eigenvalue weighted by molar-refractivity contribution is -0.130. The van der Waals surface area contributed by atoms with Gasteiger partial charge in [0, 0.05) is 17.7 Å². The number of aromatic nitrogens is 3. The van der Waals surface area contributed by atoms with Gasteiger partial charge in [0.25, 0.3) is 15.9 Å². The van der Waals surface area contributed by atoms with E-state index in [9.17, 15) is 13.2 Å². The van der Waals surface area contributed by atoms with Crippen LogP contribution in [0.4, 0.5) is 5.69 Å². The molecule has 0 spiro atoms. The van der Waals surface area contributed by atoms with Crippen LogP contribution in [-0.2, 0) is 21.4 Å². The number of rotatable bonds is 13. The molecule has 286 valence electrons. The average Bonchev–Trinajstić information content (AvgIpc) is 3.88. The van der Waals surface area contributed by atoms with Crippen LogP contribution in [0.1, 0.15) is 29.2 Å². The molecule has 1 aliphatic rings. The summed E-state index contributed by atoms with van der Waals surface area (Å²) in [6.07, 6.45) is 0.544. The Hall–Kier alpha value is -6.44. The second-order valence-electron chi connectivity index (χ2n) is 13.4. The standard InChI is InChI=1S/C44H38N6O5S2/c1-54-37-21-17-32(18-22-37)41-27-40(34-16-15-31-11-6-7-12-33(31)25-34)47-50(41)42(51)29-56-44-46-45-43(49(44)28-30-9-4-3-5-10-30)35-13-8-14-39(26-35)57(52,53)48-36-19-23-38(55-2)24-20-36/h3-26,41,48H,27-29H2,1-2H3. The van der Waals surface area contributed by atoms with Crippen molar-refractivity contribution >= 4 is 49.9 Å². The number of hydrogen-bond acceptors (Lipinski definition) is 9. The Bertz CT molecular complexity index is 2690. The monoisotopic (exact) mass is 794 g/mol. The van der Waals surface area contributed by atoms with Crippen molar-refractivity contribution in [3.8, 4) is 22.9 Å². The molecule has 2 heterocycles. The summed E-state index contributed by atoms with van der Waals surface area (Å²) < 4.78 is 42.2. The minimum Gasteiger partial charge on any atom is -0.497 e. The maximum absolute atomic E-state index is 14.2. The van der Waals surface area contributed by atoms with Crippen molar-refractivity contribution in [3.63, 3.8) is 0 Å². The van der Waals surface area contributed by atoms with Gasteiger partial charge in [-0.3, -0.25) is 14.1 Å². The van der Waals surface area contributed by atoms with Crippen LogP contribution in [0, 0.1) is 0 Å². The second-order valence-corrected chi connectivity index (χ2v) is 16.0. The van der Waals surface area contributed by atoms with Crippen molar-refractivity contribution in [3.05, 3.63) is 162 Å². The maximum Gasteiger partial charge on any atom is 0.261 e. The predicted octanol–water partition coefficient (Wildman–Crippen LogP) is 8.43. The molecule has 7 aromatic rings. The van der Waals surface area contributed by atoms with Gasteiger partial charge in [-0.1, -0.05) is 103 Å². The number of hydrogen-bond donors (Lipinski definition) is 1. The predicted molar refractivity (Wildman–Crippen MR) is 223 cm³/mol. The van der Waals surface area contributed by atoms with Gasteiger partial charge in [0.1, 0.15) is 11.5 Å². The lowest BCUT2D eigenvalue weighted by Gasteiger charge is -2.22. The van der Waals surface area contributed by atoms with Crippen molar-refractivity contribution < 1.29 is 22.7 Å². The third kappa shape index (κ3) is 8.25. The Balaban J connectivity index is 1.08. The minimum atomic E-state index is -3.95. The van der Waals surface area contributed by atoms with E-state index in [0.29, 0.717) is 40.9 Å². The number of ether oxygens (including phenoxy) is 2. The van der Waals surface area contributed by atoms with Gasteiger partial charge >= 0.3 is 0 Å². The summed E-state index contributed by atoms with van der Waals surface area (Å²) in [7, 11) is -0.776. The first-order valence-electron chi connectivity index (χ1n) is 18.2. The van der Waals surface area contributed by atoms with Gasteiger partial charge in [0.2, 0.25) is 0 Å². The molecule has 57 heavy (non-hydrogen) atoms. The first-order valence-corrected chi connectivity index (χ1v) is 20.6. The first kappa shape index (κ1) is 37.5. The van der Waals surface area contributed by atoms with Crippen molar-refractivity contribution in [2.45, 2.75) is 29.1 Å². The largest absolute Gasteiger partial charge is 0.497 e. The van der Waals surface area contributed by atoms with Crippen LogP contribution >= 0.6 is 11.8 Å². The molecule has 0 bridgehead atoms. The number of nitrogens with one attached hydrogen (secondary N) is 1. The van der Waals surface area contributed by atoms with Gasteiger partial charge < -0.3 is 9.47 Å². The van der Waals surface area contributed by atoms with E-state index in [1.165, 1.54) is 17.8 Å². The van der Waals surface area contributed by atoms with Crippen LogP contribution in [0.3, 0.4) is 0 Å². The fourth-order valence-corrected chi connectivity index (χ4v) is 8.65. The number of carbonyl (C=O) groups is 1. The summed E-state index contributed by atoms with van der Waals surface area (Å²) in [5.41, 5.74) is 4.67. The Morgan fingerprint density at radius 3 is 2.19 bits per heavy atom. The molecule has 0 aliphatic carbocycles. The van der Waals surface area contributed by atoms with Crippen LogP contribution in [0.2, 0.25) is 0 Å². The number of carbonyl (C=O) groups excluding carboxylic acids is 1. The second kappa shape index (κ2) is 16.3. The summed E-state index contributed by atoms with van der Waals surface area (Å²) in [5, 5.41) is 18.3. The van der Waals surface area contributed by atoms with Crippen molar-refractivity contribution in [1.29, 1.82) is 0 Å². The topological polar surface area (TPSA) is 128 Å². The van der Waals surface area contributed by atoms with Gasteiger partial charge in [0.05, 0.1) is 43.2 Å². The number of amides is 1. The zero-order valence-electron chi connectivity index (χ0n) is 31.1. The SMILES string of the molecule is COc1ccc(NS(=O)(=O)c2cccc(-c3nnc(SCC(=O)N4N=C(c5ccc6ccccc6c5)CC4c4ccc(OC)cc4)n3Cc3ccccc3)c2)cc1. The molecule has 0 fully saturated rings. The number of nitrogens with zero attached hydrogens (tertiary/aromatic N) is 5. The zero-order valence-corrected chi connectivity index (χ0v) is 32.8. The normalized spacial score (nSPS) is 14.0. The van der Waals surface area contributed by atoms with E-state index < -0.39 is 10.0 Å². The highest BCUT2D eigenvalue weighted by Crippen LogP contribution is 2.36. The van der Waals surface area contributed by atoms with Gasteiger partial charge in [-0.2, -0.15) is 5.10 Å². The molecule has 1 aliphatic heterocycles. The third-order valence-electron chi connectivity index (χ3n) is 9.72. The fourth-order valence-electron chi connectivity index (χ4n) is 6.75. The molecule has 6 aromatic carbocycles. The van der Waals surface area contributed by atoms with E-state index >= 15 is 0 Å². The molecular weight excluding hydrogens is 757 g/mol. The molecule has 13 heteroatoms. The van der Waals surface area contributed by atoms with E-state index in [1.807, 2.05) is 71.3 Å². The molecule has 0 radical (unpaired) electrons. The van der Waals surface area contributed by atoms with Crippen molar-refractivity contribution in [1.82, 2.24) is 19.8 Å². The van der Waals surface area contributed by atoms with Crippen molar-refractivity contribution in [2.24, 2.45) is 5.10 Å². The van der Waals surface area contributed by atoms with Gasteiger partial charge in [-0.15, -0.1) is 10.2 Å². The molecule has 0 saturated carbocycles. The minimum absolute atomic E-state index is 0.0360. The van der Waals surface area contributed by atoms with Crippen LogP contribution in [0.15, 0.2) is 161 Å². The molecule has 8 rings (SSSR count). The number of thioether (sulfide) groups is 1. The number of fused-ring (bicyclic) bond motifs is 1. The molecule has 0 saturated heterocycles. The zero-order chi connectivity index (χ0) is 39.4. The van der Waals surface area contributed by atoms with Gasteiger partial charge in [-0.05, 0) is 82.1 Å². The molecule has 1 N–H and O–H groups in total.